The van der Waals surface area contributed by atoms with E-state index in [1.807, 2.05) is 32.3 Å². The molecule has 3 N–H and O–H groups in total. The zero-order chi connectivity index (χ0) is 21.0. The minimum absolute atomic E-state index is 0.0471. The van der Waals surface area contributed by atoms with Gasteiger partial charge in [-0.1, -0.05) is 18.2 Å². The number of hydroxylamine groups is 3. The van der Waals surface area contributed by atoms with Crippen molar-refractivity contribution >= 4 is 17.5 Å². The SMILES string of the molecule is CC(O)c1ccccc1NC(=O)Oc1ccc2c(c1)[C@]1(C)CC[N+](C)(O)C1N2C. The number of rotatable bonds is 3. The molecule has 2 aromatic rings. The van der Waals surface area contributed by atoms with Gasteiger partial charge in [0.2, 0.25) is 6.17 Å². The second-order valence-corrected chi connectivity index (χ2v) is 8.55. The maximum absolute atomic E-state index is 12.5. The Bertz CT molecular complexity index is 959. The number of carbonyl (C=O) groups is 1. The van der Waals surface area contributed by atoms with Gasteiger partial charge in [-0.2, -0.15) is 4.65 Å². The molecule has 1 amide bonds. The van der Waals surface area contributed by atoms with E-state index < -0.39 is 12.2 Å². The second-order valence-electron chi connectivity index (χ2n) is 8.55. The summed E-state index contributed by atoms with van der Waals surface area (Å²) in [6, 6.07) is 12.7. The predicted molar refractivity (Wildman–Crippen MR) is 110 cm³/mol. The number of para-hydroxylation sites is 1. The van der Waals surface area contributed by atoms with Gasteiger partial charge < -0.3 is 14.7 Å². The summed E-state index contributed by atoms with van der Waals surface area (Å²) in [6.45, 7) is 4.48. The van der Waals surface area contributed by atoms with Crippen molar-refractivity contribution in [2.75, 3.05) is 30.9 Å². The first-order chi connectivity index (χ1) is 13.6. The van der Waals surface area contributed by atoms with Gasteiger partial charge in [0.1, 0.15) is 19.3 Å². The van der Waals surface area contributed by atoms with Crippen LogP contribution in [0.5, 0.6) is 5.75 Å². The highest BCUT2D eigenvalue weighted by Crippen LogP contribution is 2.53. The van der Waals surface area contributed by atoms with E-state index in [9.17, 15) is 15.1 Å². The fraction of sp³-hybridized carbons (Fsp3) is 0.409. The van der Waals surface area contributed by atoms with Gasteiger partial charge in [0.15, 0.2) is 0 Å². The Hall–Kier alpha value is -2.61. The fourth-order valence-electron chi connectivity index (χ4n) is 5.09. The number of fused-ring (bicyclic) bond motifs is 3. The average molecular weight is 398 g/mol. The number of hydrogen-bond donors (Lipinski definition) is 3. The van der Waals surface area contributed by atoms with Crippen LogP contribution in [-0.4, -0.2) is 47.9 Å². The summed E-state index contributed by atoms with van der Waals surface area (Å²) in [7, 11) is 3.83. The van der Waals surface area contributed by atoms with Gasteiger partial charge in [0.25, 0.3) is 0 Å². The average Bonchev–Trinajstić information content (AvgIpc) is 3.04. The number of amides is 1. The van der Waals surface area contributed by atoms with Gasteiger partial charge in [-0.05, 0) is 43.7 Å². The number of likely N-dealkylation sites (N-methyl/N-ethyl adjacent to an activating group) is 2. The van der Waals surface area contributed by atoms with Crippen molar-refractivity contribution in [2.24, 2.45) is 0 Å². The van der Waals surface area contributed by atoms with Crippen molar-refractivity contribution in [3.05, 3.63) is 53.6 Å². The lowest BCUT2D eigenvalue weighted by Crippen LogP contribution is -2.56. The summed E-state index contributed by atoms with van der Waals surface area (Å²) in [4.78, 5) is 14.6. The first-order valence-corrected chi connectivity index (χ1v) is 9.84. The van der Waals surface area contributed by atoms with Gasteiger partial charge in [0.05, 0.1) is 11.5 Å². The molecular formula is C22H28N3O4+. The van der Waals surface area contributed by atoms with Crippen LogP contribution < -0.4 is 15.0 Å². The Morgan fingerprint density at radius 2 is 2.07 bits per heavy atom. The number of quaternary nitrogens is 1. The normalized spacial score (nSPS) is 28.6. The third-order valence-corrected chi connectivity index (χ3v) is 6.37. The molecule has 4 atom stereocenters. The molecule has 2 aliphatic rings. The molecule has 0 radical (unpaired) electrons. The van der Waals surface area contributed by atoms with Gasteiger partial charge in [-0.3, -0.25) is 5.32 Å². The quantitative estimate of drug-likeness (QED) is 0.688. The van der Waals surface area contributed by atoms with Gasteiger partial charge in [-0.25, -0.2) is 10.0 Å². The third-order valence-electron chi connectivity index (χ3n) is 6.37. The molecule has 4 rings (SSSR count). The van der Waals surface area contributed by atoms with E-state index in [0.29, 0.717) is 23.5 Å². The molecule has 29 heavy (non-hydrogen) atoms. The lowest BCUT2D eigenvalue weighted by atomic mass is 9.81. The number of hydrogen-bond acceptors (Lipinski definition) is 5. The summed E-state index contributed by atoms with van der Waals surface area (Å²) < 4.78 is 5.49. The number of aliphatic hydroxyl groups excluding tert-OH is 1. The van der Waals surface area contributed by atoms with E-state index >= 15 is 0 Å². The second kappa shape index (κ2) is 6.73. The summed E-state index contributed by atoms with van der Waals surface area (Å²) >= 11 is 0. The first kappa shape index (κ1) is 19.7. The Morgan fingerprint density at radius 3 is 2.79 bits per heavy atom. The molecule has 0 aromatic heterocycles. The Kier molecular flexibility index (Phi) is 4.57. The van der Waals surface area contributed by atoms with Crippen molar-refractivity contribution < 1.29 is 24.5 Å². The number of carbonyl (C=O) groups excluding carboxylic acids is 1. The van der Waals surface area contributed by atoms with Crippen LogP contribution in [-0.2, 0) is 5.41 Å². The van der Waals surface area contributed by atoms with Crippen LogP contribution in [0.2, 0.25) is 0 Å². The minimum Gasteiger partial charge on any atom is -0.410 e. The molecule has 2 aromatic carbocycles. The molecule has 0 spiro atoms. The molecule has 154 valence electrons. The van der Waals surface area contributed by atoms with Crippen LogP contribution in [0.25, 0.3) is 0 Å². The third kappa shape index (κ3) is 3.15. The zero-order valence-corrected chi connectivity index (χ0v) is 17.2. The van der Waals surface area contributed by atoms with Crippen molar-refractivity contribution in [1.82, 2.24) is 0 Å². The summed E-state index contributed by atoms with van der Waals surface area (Å²) in [5.74, 6) is 0.449. The molecule has 1 fully saturated rings. The summed E-state index contributed by atoms with van der Waals surface area (Å²) in [5.41, 5.74) is 3.05. The molecule has 7 nitrogen and oxygen atoms in total. The number of aliphatic hydroxyl groups is 1. The summed E-state index contributed by atoms with van der Waals surface area (Å²) in [5, 5.41) is 23.4. The minimum atomic E-state index is -0.702. The van der Waals surface area contributed by atoms with Crippen molar-refractivity contribution in [3.8, 4) is 5.75 Å². The molecule has 0 bridgehead atoms. The predicted octanol–water partition coefficient (Wildman–Crippen LogP) is 3.62. The number of likely N-dealkylation sites (tertiary alicyclic amines) is 1. The van der Waals surface area contributed by atoms with Crippen LogP contribution in [0.3, 0.4) is 0 Å². The smallest absolute Gasteiger partial charge is 0.410 e. The van der Waals surface area contributed by atoms with Crippen molar-refractivity contribution in [3.63, 3.8) is 0 Å². The van der Waals surface area contributed by atoms with E-state index in [4.69, 9.17) is 4.74 Å². The van der Waals surface area contributed by atoms with Gasteiger partial charge in [0, 0.05) is 30.4 Å². The number of nitrogens with one attached hydrogen (secondary N) is 1. The standard InChI is InChI=1S/C22H27N3O4/c1-14(26)16-7-5-6-8-18(16)23-21(27)29-15-9-10-19-17(13-15)22(2)11-12-25(4,28)20(22)24(19)3/h5-10,13-14,20,26,28H,11-12H2,1-4H3/p+1/t14?,20?,22-,25?/m0/s1. The van der Waals surface area contributed by atoms with Crippen LogP contribution in [0.15, 0.2) is 42.5 Å². The molecule has 1 saturated heterocycles. The van der Waals surface area contributed by atoms with E-state index in [-0.39, 0.29) is 16.2 Å². The lowest BCUT2D eigenvalue weighted by Gasteiger charge is -2.34. The van der Waals surface area contributed by atoms with Crippen molar-refractivity contribution in [1.29, 1.82) is 0 Å². The Labute approximate surface area is 170 Å². The highest BCUT2D eigenvalue weighted by molar-refractivity contribution is 5.87. The molecule has 2 heterocycles. The number of benzene rings is 2. The number of nitrogens with zero attached hydrogens (tertiary/aromatic N) is 2. The first-order valence-electron chi connectivity index (χ1n) is 9.84. The largest absolute Gasteiger partial charge is 0.417 e. The van der Waals surface area contributed by atoms with Crippen molar-refractivity contribution in [2.45, 2.75) is 38.0 Å². The fourth-order valence-corrected chi connectivity index (χ4v) is 5.09. The number of anilines is 2. The Balaban J connectivity index is 1.57. The maximum Gasteiger partial charge on any atom is 0.417 e. The molecule has 0 saturated carbocycles. The van der Waals surface area contributed by atoms with Crippen LogP contribution in [0.4, 0.5) is 16.2 Å². The van der Waals surface area contributed by atoms with Gasteiger partial charge in [-0.15, -0.1) is 0 Å². The zero-order valence-electron chi connectivity index (χ0n) is 17.2. The highest BCUT2D eigenvalue weighted by Gasteiger charge is 2.61. The van der Waals surface area contributed by atoms with Crippen LogP contribution in [0.1, 0.15) is 37.5 Å². The number of ether oxygens (including phenoxy) is 1. The monoisotopic (exact) mass is 398 g/mol. The highest BCUT2D eigenvalue weighted by atomic mass is 16.6. The van der Waals surface area contributed by atoms with Crippen LogP contribution >= 0.6 is 0 Å². The van der Waals surface area contributed by atoms with E-state index in [1.54, 1.807) is 31.2 Å². The molecule has 3 unspecified atom stereocenters. The topological polar surface area (TPSA) is 82.0 Å². The molecule has 7 heteroatoms. The van der Waals surface area contributed by atoms with Gasteiger partial charge >= 0.3 is 6.09 Å². The maximum atomic E-state index is 12.5. The lowest BCUT2D eigenvalue weighted by molar-refractivity contribution is -1.10. The van der Waals surface area contributed by atoms with Crippen LogP contribution in [0, 0.1) is 0 Å². The molecule has 0 aliphatic carbocycles. The summed E-state index contributed by atoms with van der Waals surface area (Å²) in [6.07, 6.45) is -0.536. The van der Waals surface area contributed by atoms with E-state index in [1.165, 1.54) is 0 Å². The Morgan fingerprint density at radius 1 is 1.34 bits per heavy atom. The molecule has 2 aliphatic heterocycles. The van der Waals surface area contributed by atoms with E-state index in [2.05, 4.69) is 17.1 Å². The molecular weight excluding hydrogens is 370 g/mol. The van der Waals surface area contributed by atoms with E-state index in [0.717, 1.165) is 17.7 Å².